The highest BCUT2D eigenvalue weighted by Crippen LogP contribution is 2.37. The SMILES string of the molecule is Cc1ccc2c(c1)[nH]c1cc3c(cc12)B(c1c(C(C)C)cc(C(C)C)cc1C(C)C)c1cc2c(cc1-3)[nH]c1cc(C)ccc12. The Balaban J connectivity index is 1.51. The van der Waals surface area contributed by atoms with Gasteiger partial charge in [-0.05, 0) is 94.8 Å². The standard InChI is InChI=1S/C41H41BN2/c1-21(2)26-15-29(22(3)4)41(30(16-26)23(5)6)42-35-17-33-27-11-9-24(7)13-37(27)43-39(33)19-31(35)32-20-40-34(18-36(32)42)28-12-10-25(8)14-38(28)44-40/h9-23,43-44H,1-8H3. The minimum atomic E-state index is 0.176. The lowest BCUT2D eigenvalue weighted by molar-refractivity contribution is 0.812. The number of fused-ring (bicyclic) bond motifs is 9. The van der Waals surface area contributed by atoms with Crippen molar-refractivity contribution in [3.8, 4) is 11.1 Å². The van der Waals surface area contributed by atoms with Crippen molar-refractivity contribution in [1.82, 2.24) is 9.97 Å². The van der Waals surface area contributed by atoms with Gasteiger partial charge in [-0.15, -0.1) is 0 Å². The highest BCUT2D eigenvalue weighted by atomic mass is 14.7. The fourth-order valence-corrected chi connectivity index (χ4v) is 7.94. The van der Waals surface area contributed by atoms with Gasteiger partial charge in [-0.3, -0.25) is 0 Å². The Kier molecular flexibility index (Phi) is 5.98. The smallest absolute Gasteiger partial charge is 0.243 e. The Bertz CT molecular complexity index is 2140. The third-order valence-electron chi connectivity index (χ3n) is 10.2. The van der Waals surface area contributed by atoms with E-state index in [1.54, 1.807) is 0 Å². The predicted octanol–water partition coefficient (Wildman–Crippen LogP) is 9.44. The van der Waals surface area contributed by atoms with Gasteiger partial charge in [0.05, 0.1) is 0 Å². The predicted molar refractivity (Wildman–Crippen MR) is 193 cm³/mol. The zero-order chi connectivity index (χ0) is 30.6. The third kappa shape index (κ3) is 3.94. The van der Waals surface area contributed by atoms with E-state index in [1.807, 2.05) is 0 Å². The summed E-state index contributed by atoms with van der Waals surface area (Å²) >= 11 is 0. The van der Waals surface area contributed by atoms with Gasteiger partial charge in [0.1, 0.15) is 0 Å². The number of hydrogen-bond acceptors (Lipinski definition) is 0. The lowest BCUT2D eigenvalue weighted by atomic mass is 9.36. The van der Waals surface area contributed by atoms with Crippen LogP contribution in [0.4, 0.5) is 0 Å². The highest BCUT2D eigenvalue weighted by molar-refractivity contribution is 6.99. The van der Waals surface area contributed by atoms with Crippen LogP contribution in [-0.2, 0) is 0 Å². The fraction of sp³-hybridized carbons (Fsp3) is 0.268. The topological polar surface area (TPSA) is 31.6 Å². The Morgan fingerprint density at radius 1 is 0.477 bits per heavy atom. The van der Waals surface area contributed by atoms with Crippen LogP contribution >= 0.6 is 0 Å². The number of aryl methyl sites for hydroxylation is 2. The lowest BCUT2D eigenvalue weighted by Crippen LogP contribution is -2.52. The number of aromatic amines is 2. The van der Waals surface area contributed by atoms with E-state index in [9.17, 15) is 0 Å². The molecule has 2 aromatic heterocycles. The van der Waals surface area contributed by atoms with Crippen molar-refractivity contribution in [3.63, 3.8) is 0 Å². The normalized spacial score (nSPS) is 13.1. The summed E-state index contributed by atoms with van der Waals surface area (Å²) in [6, 6.07) is 28.6. The molecule has 1 aliphatic rings. The van der Waals surface area contributed by atoms with Gasteiger partial charge in [-0.1, -0.05) is 106 Å². The molecule has 0 unspecified atom stereocenters. The molecule has 0 bridgehead atoms. The average Bonchev–Trinajstić information content (AvgIpc) is 3.61. The first-order valence-electron chi connectivity index (χ1n) is 16.4. The van der Waals surface area contributed by atoms with Crippen LogP contribution in [0.3, 0.4) is 0 Å². The van der Waals surface area contributed by atoms with Crippen LogP contribution in [0.2, 0.25) is 0 Å². The fourth-order valence-electron chi connectivity index (χ4n) is 7.94. The number of hydrogen-bond donors (Lipinski definition) is 2. The summed E-state index contributed by atoms with van der Waals surface area (Å²) in [5.41, 5.74) is 19.0. The second kappa shape index (κ2) is 9.63. The zero-order valence-corrected chi connectivity index (χ0v) is 27.2. The molecule has 5 aromatic carbocycles. The Labute approximate surface area is 261 Å². The summed E-state index contributed by atoms with van der Waals surface area (Å²) in [4.78, 5) is 7.54. The molecule has 8 rings (SSSR count). The van der Waals surface area contributed by atoms with E-state index in [4.69, 9.17) is 0 Å². The summed E-state index contributed by atoms with van der Waals surface area (Å²) < 4.78 is 0. The Morgan fingerprint density at radius 3 is 1.32 bits per heavy atom. The first-order chi connectivity index (χ1) is 21.1. The van der Waals surface area contributed by atoms with E-state index < -0.39 is 0 Å². The lowest BCUT2D eigenvalue weighted by Gasteiger charge is -2.26. The highest BCUT2D eigenvalue weighted by Gasteiger charge is 2.38. The summed E-state index contributed by atoms with van der Waals surface area (Å²) in [5.74, 6) is 1.34. The van der Waals surface area contributed by atoms with Crippen molar-refractivity contribution in [1.29, 1.82) is 0 Å². The maximum absolute atomic E-state index is 3.77. The molecule has 0 amide bonds. The molecular formula is C41H41BN2. The average molecular weight is 573 g/mol. The number of H-pyrrole nitrogens is 2. The molecule has 2 N–H and O–H groups in total. The van der Waals surface area contributed by atoms with Crippen LogP contribution in [0.25, 0.3) is 54.7 Å². The van der Waals surface area contributed by atoms with Gasteiger partial charge < -0.3 is 9.97 Å². The second-order valence-corrected chi connectivity index (χ2v) is 14.3. The molecule has 0 atom stereocenters. The molecule has 1 aliphatic heterocycles. The van der Waals surface area contributed by atoms with Crippen molar-refractivity contribution in [3.05, 3.63) is 101 Å². The van der Waals surface area contributed by atoms with E-state index in [1.165, 1.54) is 98.9 Å². The van der Waals surface area contributed by atoms with Gasteiger partial charge in [0.25, 0.3) is 0 Å². The molecule has 44 heavy (non-hydrogen) atoms. The summed E-state index contributed by atoms with van der Waals surface area (Å²) in [6.07, 6.45) is 0. The summed E-state index contributed by atoms with van der Waals surface area (Å²) in [7, 11) is 0. The molecule has 3 heterocycles. The van der Waals surface area contributed by atoms with Gasteiger partial charge in [0, 0.05) is 43.6 Å². The molecule has 0 spiro atoms. The Morgan fingerprint density at radius 2 is 0.909 bits per heavy atom. The third-order valence-corrected chi connectivity index (χ3v) is 10.2. The summed E-state index contributed by atoms with van der Waals surface area (Å²) in [5, 5.41) is 5.25. The van der Waals surface area contributed by atoms with E-state index in [0.717, 1.165) is 0 Å². The van der Waals surface area contributed by atoms with Crippen LogP contribution in [0, 0.1) is 13.8 Å². The zero-order valence-electron chi connectivity index (χ0n) is 27.2. The maximum Gasteiger partial charge on any atom is 0.243 e. The Hall–Kier alpha value is -4.24. The van der Waals surface area contributed by atoms with E-state index in [2.05, 4.69) is 138 Å². The van der Waals surface area contributed by atoms with Gasteiger partial charge >= 0.3 is 0 Å². The molecule has 3 heteroatoms. The first-order valence-corrected chi connectivity index (χ1v) is 16.4. The number of rotatable bonds is 4. The first kappa shape index (κ1) is 27.3. The number of nitrogens with one attached hydrogen (secondary N) is 2. The van der Waals surface area contributed by atoms with Gasteiger partial charge in [0.15, 0.2) is 0 Å². The van der Waals surface area contributed by atoms with Crippen molar-refractivity contribution in [2.75, 3.05) is 0 Å². The maximum atomic E-state index is 3.77. The molecule has 7 aromatic rings. The van der Waals surface area contributed by atoms with Crippen molar-refractivity contribution < 1.29 is 0 Å². The minimum Gasteiger partial charge on any atom is -0.354 e. The van der Waals surface area contributed by atoms with Crippen molar-refractivity contribution >= 4 is 66.7 Å². The molecule has 0 saturated heterocycles. The number of aromatic nitrogens is 2. The molecule has 0 fully saturated rings. The second-order valence-electron chi connectivity index (χ2n) is 14.3. The minimum absolute atomic E-state index is 0.176. The molecule has 218 valence electrons. The van der Waals surface area contributed by atoms with E-state index >= 15 is 0 Å². The van der Waals surface area contributed by atoms with Crippen LogP contribution < -0.4 is 16.4 Å². The van der Waals surface area contributed by atoms with Gasteiger partial charge in [0.2, 0.25) is 6.71 Å². The largest absolute Gasteiger partial charge is 0.354 e. The van der Waals surface area contributed by atoms with Crippen LogP contribution in [0.15, 0.2) is 72.8 Å². The van der Waals surface area contributed by atoms with Crippen LogP contribution in [-0.4, -0.2) is 16.7 Å². The molecule has 0 saturated carbocycles. The van der Waals surface area contributed by atoms with Gasteiger partial charge in [-0.2, -0.15) is 0 Å². The molecule has 0 radical (unpaired) electrons. The molecule has 2 nitrogen and oxygen atoms in total. The van der Waals surface area contributed by atoms with Crippen molar-refractivity contribution in [2.24, 2.45) is 0 Å². The van der Waals surface area contributed by atoms with Crippen molar-refractivity contribution in [2.45, 2.75) is 73.1 Å². The monoisotopic (exact) mass is 572 g/mol. The molecular weight excluding hydrogens is 531 g/mol. The van der Waals surface area contributed by atoms with E-state index in [0.29, 0.717) is 17.8 Å². The van der Waals surface area contributed by atoms with E-state index in [-0.39, 0.29) is 6.71 Å². The van der Waals surface area contributed by atoms with Crippen LogP contribution in [0.5, 0.6) is 0 Å². The van der Waals surface area contributed by atoms with Gasteiger partial charge in [-0.25, -0.2) is 0 Å². The van der Waals surface area contributed by atoms with Crippen LogP contribution in [0.1, 0.15) is 87.1 Å². The summed E-state index contributed by atoms with van der Waals surface area (Å²) in [6.45, 7) is 18.7. The quantitative estimate of drug-likeness (QED) is 0.197. The molecule has 0 aliphatic carbocycles. The number of benzene rings is 5.